The number of hydrogen-bond donors (Lipinski definition) is 2. The summed E-state index contributed by atoms with van der Waals surface area (Å²) in [6.07, 6.45) is 1.89. The molecule has 0 spiro atoms. The van der Waals surface area contributed by atoms with Crippen molar-refractivity contribution in [3.63, 3.8) is 0 Å². The van der Waals surface area contributed by atoms with E-state index in [1.165, 1.54) is 16.7 Å². The number of benzene rings is 4. The van der Waals surface area contributed by atoms with Gasteiger partial charge in [0.05, 0.1) is 0 Å². The van der Waals surface area contributed by atoms with Gasteiger partial charge in [0.15, 0.2) is 0 Å². The Bertz CT molecular complexity index is 896. The molecule has 0 saturated heterocycles. The van der Waals surface area contributed by atoms with Gasteiger partial charge in [0.2, 0.25) is 0 Å². The first-order valence-corrected chi connectivity index (χ1v) is 8.95. The van der Waals surface area contributed by atoms with Gasteiger partial charge >= 0.3 is 0 Å². The summed E-state index contributed by atoms with van der Waals surface area (Å²) < 4.78 is 0. The molecule has 0 aliphatic carbocycles. The van der Waals surface area contributed by atoms with E-state index in [-0.39, 0.29) is 0 Å². The molecule has 2 nitrogen and oxygen atoms in total. The molecule has 0 radical (unpaired) electrons. The van der Waals surface area contributed by atoms with Gasteiger partial charge in [-0.15, -0.1) is 0 Å². The molecular formula is C26H24O2. The molecule has 28 heavy (non-hydrogen) atoms. The van der Waals surface area contributed by atoms with Gasteiger partial charge in [-0.1, -0.05) is 104 Å². The molecule has 0 fully saturated rings. The van der Waals surface area contributed by atoms with Crippen LogP contribution in [-0.4, -0.2) is 10.2 Å². The number of aromatic hydroxyl groups is 2. The Labute approximate surface area is 166 Å². The highest BCUT2D eigenvalue weighted by Crippen LogP contribution is 2.23. The minimum atomic E-state index is 0.322. The van der Waals surface area contributed by atoms with Crippen LogP contribution in [0.3, 0.4) is 0 Å². The first-order valence-electron chi connectivity index (χ1n) is 8.95. The zero-order chi connectivity index (χ0) is 20.0. The Morgan fingerprint density at radius 3 is 1.29 bits per heavy atom. The minimum absolute atomic E-state index is 0.322. The van der Waals surface area contributed by atoms with Crippen molar-refractivity contribution in [1.82, 2.24) is 0 Å². The van der Waals surface area contributed by atoms with Crippen molar-refractivity contribution in [3.8, 4) is 22.6 Å². The van der Waals surface area contributed by atoms with Crippen LogP contribution in [0.5, 0.6) is 11.5 Å². The summed E-state index contributed by atoms with van der Waals surface area (Å²) in [4.78, 5) is 0. The van der Waals surface area contributed by atoms with Crippen LogP contribution >= 0.6 is 0 Å². The third-order valence-electron chi connectivity index (χ3n) is 3.78. The van der Waals surface area contributed by atoms with Gasteiger partial charge in [0, 0.05) is 0 Å². The van der Waals surface area contributed by atoms with Gasteiger partial charge in [-0.2, -0.15) is 0 Å². The van der Waals surface area contributed by atoms with Crippen LogP contribution in [0.2, 0.25) is 0 Å². The summed E-state index contributed by atoms with van der Waals surface area (Å²) in [6.45, 7) is 3.82. The van der Waals surface area contributed by atoms with Crippen molar-refractivity contribution in [2.45, 2.75) is 0 Å². The lowest BCUT2D eigenvalue weighted by Crippen LogP contribution is -1.81. The second kappa shape index (κ2) is 11.8. The Kier molecular flexibility index (Phi) is 8.62. The normalized spacial score (nSPS) is 9.14. The van der Waals surface area contributed by atoms with Crippen LogP contribution in [0.15, 0.2) is 122 Å². The van der Waals surface area contributed by atoms with E-state index in [0.29, 0.717) is 11.5 Å². The lowest BCUT2D eigenvalue weighted by atomic mass is 10.00. The summed E-state index contributed by atoms with van der Waals surface area (Å²) in [5.41, 5.74) is 3.66. The predicted octanol–water partition coefficient (Wildman–Crippen LogP) is 6.78. The molecule has 0 aliphatic heterocycles. The molecule has 140 valence electrons. The van der Waals surface area contributed by atoms with Crippen LogP contribution in [0.4, 0.5) is 0 Å². The average molecular weight is 368 g/mol. The highest BCUT2D eigenvalue weighted by molar-refractivity contribution is 5.74. The quantitative estimate of drug-likeness (QED) is 0.409. The van der Waals surface area contributed by atoms with Crippen molar-refractivity contribution in [2.75, 3.05) is 0 Å². The van der Waals surface area contributed by atoms with Crippen LogP contribution in [-0.2, 0) is 0 Å². The van der Waals surface area contributed by atoms with E-state index in [1.54, 1.807) is 48.5 Å². The highest BCUT2D eigenvalue weighted by Gasteiger charge is 1.99. The van der Waals surface area contributed by atoms with E-state index >= 15 is 0 Å². The fourth-order valence-electron chi connectivity index (χ4n) is 2.41. The molecule has 0 aromatic heterocycles. The Morgan fingerprint density at radius 2 is 0.893 bits per heavy atom. The third kappa shape index (κ3) is 7.22. The number of rotatable bonds is 2. The molecule has 4 rings (SSSR count). The summed E-state index contributed by atoms with van der Waals surface area (Å²) in [7, 11) is 0. The molecule has 0 saturated carbocycles. The topological polar surface area (TPSA) is 40.5 Å². The van der Waals surface area contributed by atoms with E-state index in [4.69, 9.17) is 10.2 Å². The maximum atomic E-state index is 8.63. The first-order chi connectivity index (χ1) is 13.7. The van der Waals surface area contributed by atoms with Crippen molar-refractivity contribution < 1.29 is 10.2 Å². The minimum Gasteiger partial charge on any atom is -0.508 e. The Balaban J connectivity index is 0.000000168. The van der Waals surface area contributed by atoms with Crippen molar-refractivity contribution >= 4 is 6.08 Å². The van der Waals surface area contributed by atoms with Gasteiger partial charge < -0.3 is 10.2 Å². The molecule has 0 aliphatic rings. The van der Waals surface area contributed by atoms with E-state index in [0.717, 1.165) is 0 Å². The third-order valence-corrected chi connectivity index (χ3v) is 3.78. The van der Waals surface area contributed by atoms with Crippen LogP contribution < -0.4 is 0 Å². The van der Waals surface area contributed by atoms with Crippen LogP contribution in [0.25, 0.3) is 17.2 Å². The van der Waals surface area contributed by atoms with E-state index in [1.807, 2.05) is 30.3 Å². The molecule has 0 bridgehead atoms. The zero-order valence-electron chi connectivity index (χ0n) is 15.6. The van der Waals surface area contributed by atoms with Gasteiger partial charge in [-0.05, 0) is 41.0 Å². The number of hydrogen-bond acceptors (Lipinski definition) is 2. The van der Waals surface area contributed by atoms with E-state index in [9.17, 15) is 0 Å². The molecule has 0 atom stereocenters. The molecule has 0 amide bonds. The molecule has 2 heteroatoms. The molecular weight excluding hydrogens is 344 g/mol. The van der Waals surface area contributed by atoms with E-state index < -0.39 is 0 Å². The van der Waals surface area contributed by atoms with E-state index in [2.05, 4.69) is 49.0 Å². The summed E-state index contributed by atoms with van der Waals surface area (Å²) in [5.74, 6) is 0.644. The average Bonchev–Trinajstić information content (AvgIpc) is 2.76. The Hall–Kier alpha value is -3.78. The molecule has 4 aromatic carbocycles. The predicted molar refractivity (Wildman–Crippen MR) is 118 cm³/mol. The fourth-order valence-corrected chi connectivity index (χ4v) is 2.41. The molecule has 0 heterocycles. The summed E-state index contributed by atoms with van der Waals surface area (Å²) in [5, 5.41) is 17.3. The highest BCUT2D eigenvalue weighted by atomic mass is 16.3. The van der Waals surface area contributed by atoms with Gasteiger partial charge in [0.1, 0.15) is 11.5 Å². The molecule has 2 N–H and O–H groups in total. The maximum absolute atomic E-state index is 8.63. The van der Waals surface area contributed by atoms with Crippen molar-refractivity contribution in [1.29, 1.82) is 0 Å². The summed E-state index contributed by atoms with van der Waals surface area (Å²) >= 11 is 0. The standard InChI is InChI=1S/C14H12.2C6H6O/c1-2-12-8-6-7-11-14(12)13-9-4-3-5-10-13;2*7-6-4-2-1-3-5-6/h2-11H,1H2;2*1-5,7H. The maximum Gasteiger partial charge on any atom is 0.115 e. The lowest BCUT2D eigenvalue weighted by Gasteiger charge is -2.04. The van der Waals surface area contributed by atoms with Gasteiger partial charge in [-0.3, -0.25) is 0 Å². The van der Waals surface area contributed by atoms with Gasteiger partial charge in [0.25, 0.3) is 0 Å². The zero-order valence-corrected chi connectivity index (χ0v) is 15.6. The van der Waals surface area contributed by atoms with Crippen molar-refractivity contribution in [3.05, 3.63) is 127 Å². The van der Waals surface area contributed by atoms with Crippen LogP contribution in [0, 0.1) is 0 Å². The monoisotopic (exact) mass is 368 g/mol. The fraction of sp³-hybridized carbons (Fsp3) is 0. The Morgan fingerprint density at radius 1 is 0.500 bits per heavy atom. The van der Waals surface area contributed by atoms with Gasteiger partial charge in [-0.25, -0.2) is 0 Å². The number of para-hydroxylation sites is 2. The number of phenols is 2. The molecule has 4 aromatic rings. The second-order valence-electron chi connectivity index (χ2n) is 5.83. The summed E-state index contributed by atoms with van der Waals surface area (Å²) in [6, 6.07) is 36.1. The SMILES string of the molecule is C=Cc1ccccc1-c1ccccc1.Oc1ccccc1.Oc1ccccc1. The van der Waals surface area contributed by atoms with Crippen LogP contribution in [0.1, 0.15) is 5.56 Å². The second-order valence-corrected chi connectivity index (χ2v) is 5.83. The molecule has 0 unspecified atom stereocenters. The lowest BCUT2D eigenvalue weighted by molar-refractivity contribution is 0.475. The first kappa shape index (κ1) is 20.5. The smallest absolute Gasteiger partial charge is 0.115 e. The number of phenolic OH excluding ortho intramolecular Hbond substituents is 2. The van der Waals surface area contributed by atoms with Crippen molar-refractivity contribution in [2.24, 2.45) is 0 Å². The largest absolute Gasteiger partial charge is 0.508 e.